The van der Waals surface area contributed by atoms with Crippen LogP contribution in [0.4, 0.5) is 0 Å². The van der Waals surface area contributed by atoms with Crippen molar-refractivity contribution in [3.05, 3.63) is 81.1 Å². The molecule has 0 spiro atoms. The largest absolute Gasteiger partial charge is 0.508 e. The first-order valence-corrected chi connectivity index (χ1v) is 11.3. The topological polar surface area (TPSA) is 178 Å². The molecular weight excluding hydrogens is 490 g/mol. The Hall–Kier alpha value is -3.92. The van der Waals surface area contributed by atoms with Gasteiger partial charge in [-0.3, -0.25) is 14.4 Å². The van der Waals surface area contributed by atoms with Gasteiger partial charge in [0.1, 0.15) is 22.8 Å². The summed E-state index contributed by atoms with van der Waals surface area (Å²) >= 11 is 5.98. The van der Waals surface area contributed by atoms with E-state index in [1.807, 2.05) is 0 Å². The number of phenols is 1. The number of aliphatic hydroxyl groups excluding tert-OH is 3. The Balaban J connectivity index is 1.81. The molecule has 1 saturated carbocycles. The summed E-state index contributed by atoms with van der Waals surface area (Å²) in [6, 6.07) is 11.0. The Morgan fingerprint density at radius 1 is 1.08 bits per heavy atom. The summed E-state index contributed by atoms with van der Waals surface area (Å²) in [6.07, 6.45) is -0.696. The van der Waals surface area contributed by atoms with E-state index in [2.05, 4.69) is 0 Å². The number of carbonyl (C=O) groups is 3. The average molecular weight is 510 g/mol. The minimum absolute atomic E-state index is 0.114. The summed E-state index contributed by atoms with van der Waals surface area (Å²) in [5.41, 5.74) is 2.00. The second-order valence-corrected chi connectivity index (χ2v) is 9.44. The van der Waals surface area contributed by atoms with Gasteiger partial charge in [0.05, 0.1) is 17.2 Å². The van der Waals surface area contributed by atoms with Crippen molar-refractivity contribution < 1.29 is 39.9 Å². The van der Waals surface area contributed by atoms with E-state index in [0.29, 0.717) is 21.7 Å². The van der Waals surface area contributed by atoms with Crippen LogP contribution >= 0.6 is 11.6 Å². The van der Waals surface area contributed by atoms with Crippen LogP contribution in [0.3, 0.4) is 0 Å². The van der Waals surface area contributed by atoms with Crippen molar-refractivity contribution in [1.29, 1.82) is 0 Å². The number of primary amides is 1. The van der Waals surface area contributed by atoms with Crippen molar-refractivity contribution in [2.75, 3.05) is 0 Å². The van der Waals surface area contributed by atoms with Gasteiger partial charge in [-0.2, -0.15) is 0 Å². The number of aromatic hydroxyl groups is 1. The number of halogens is 1. The highest BCUT2D eigenvalue weighted by Gasteiger charge is 2.64. The standard InChI is InChI=1S/C26H20ClNO8/c27-11-6-4-10(5-7-11)8-13-12-2-1-3-15(29)17(12)22(32)20-18(13)21(31)14-9-16(30)19(25(28)35)23(33)26(14,36)24(20)34/h1-8,14,18,21,29,31-33,36H,9H2,(H2,28,35)/b13-8+/t14-,18-,21-,26-/m1/s1. The normalized spacial score (nSPS) is 28.6. The lowest BCUT2D eigenvalue weighted by molar-refractivity contribution is -0.157. The molecule has 0 bridgehead atoms. The van der Waals surface area contributed by atoms with E-state index in [1.54, 1.807) is 36.4 Å². The van der Waals surface area contributed by atoms with E-state index >= 15 is 0 Å². The monoisotopic (exact) mass is 509 g/mol. The van der Waals surface area contributed by atoms with Crippen molar-refractivity contribution in [3.63, 3.8) is 0 Å². The molecule has 0 aliphatic heterocycles. The van der Waals surface area contributed by atoms with Crippen LogP contribution in [-0.4, -0.2) is 54.7 Å². The highest BCUT2D eigenvalue weighted by atomic mass is 35.5. The Morgan fingerprint density at radius 3 is 2.39 bits per heavy atom. The smallest absolute Gasteiger partial charge is 0.255 e. The van der Waals surface area contributed by atoms with E-state index in [-0.39, 0.29) is 11.3 Å². The molecule has 0 saturated heterocycles. The quantitative estimate of drug-likeness (QED) is 0.333. The van der Waals surface area contributed by atoms with Gasteiger partial charge in [-0.25, -0.2) is 0 Å². The number of aliphatic hydroxyl groups is 4. The Labute approximate surface area is 209 Å². The fourth-order valence-electron chi connectivity index (χ4n) is 5.43. The summed E-state index contributed by atoms with van der Waals surface area (Å²) in [7, 11) is 0. The van der Waals surface area contributed by atoms with Crippen LogP contribution < -0.4 is 5.73 Å². The second kappa shape index (κ2) is 8.06. The number of benzene rings is 2. The average Bonchev–Trinajstić information content (AvgIpc) is 2.82. The highest BCUT2D eigenvalue weighted by molar-refractivity contribution is 6.30. The van der Waals surface area contributed by atoms with Gasteiger partial charge in [-0.1, -0.05) is 41.9 Å². The number of phenolic OH excluding ortho intramolecular Hbond substituents is 1. The number of hydrogen-bond donors (Lipinski definition) is 6. The van der Waals surface area contributed by atoms with E-state index in [4.69, 9.17) is 17.3 Å². The number of Topliss-reactive ketones (excluding diaryl/α,β-unsaturated/α-hetero) is 2. The maximum absolute atomic E-state index is 13.8. The van der Waals surface area contributed by atoms with Crippen LogP contribution in [0.2, 0.25) is 5.02 Å². The molecule has 10 heteroatoms. The maximum atomic E-state index is 13.8. The van der Waals surface area contributed by atoms with Crippen LogP contribution in [0.15, 0.2) is 59.4 Å². The second-order valence-electron chi connectivity index (χ2n) is 9.00. The summed E-state index contributed by atoms with van der Waals surface area (Å²) < 4.78 is 0. The summed E-state index contributed by atoms with van der Waals surface area (Å²) in [6.45, 7) is 0. The van der Waals surface area contributed by atoms with Crippen molar-refractivity contribution >= 4 is 46.5 Å². The lowest BCUT2D eigenvalue weighted by Crippen LogP contribution is -2.63. The summed E-state index contributed by atoms with van der Waals surface area (Å²) in [5.74, 6) is -8.64. The third-order valence-electron chi connectivity index (χ3n) is 7.09. The third-order valence-corrected chi connectivity index (χ3v) is 7.35. The SMILES string of the molecule is NC(=O)C1=C(O)[C@@]2(O)C(=O)C3=C(O)c4c(O)cccc4/C(=C\c4ccc(Cl)cc4)[C@H]3[C@H](O)[C@H]2CC1=O. The summed E-state index contributed by atoms with van der Waals surface area (Å²) in [5, 5.41) is 55.7. The molecule has 0 aromatic heterocycles. The van der Waals surface area contributed by atoms with Gasteiger partial charge in [-0.05, 0) is 34.9 Å². The molecular formula is C26H20ClNO8. The molecule has 2 aromatic carbocycles. The van der Waals surface area contributed by atoms with Crippen molar-refractivity contribution in [2.45, 2.75) is 18.1 Å². The minimum Gasteiger partial charge on any atom is -0.508 e. The molecule has 0 unspecified atom stereocenters. The van der Waals surface area contributed by atoms with Gasteiger partial charge in [-0.15, -0.1) is 0 Å². The van der Waals surface area contributed by atoms with Crippen LogP contribution in [0, 0.1) is 11.8 Å². The van der Waals surface area contributed by atoms with Crippen molar-refractivity contribution in [1.82, 2.24) is 0 Å². The molecule has 5 rings (SSSR count). The van der Waals surface area contributed by atoms with Gasteiger partial charge in [0.15, 0.2) is 11.4 Å². The van der Waals surface area contributed by atoms with E-state index in [0.717, 1.165) is 0 Å². The number of fused-ring (bicyclic) bond motifs is 3. The number of amides is 1. The molecule has 1 fully saturated rings. The van der Waals surface area contributed by atoms with Gasteiger partial charge in [0.25, 0.3) is 5.91 Å². The number of rotatable bonds is 2. The zero-order valence-corrected chi connectivity index (χ0v) is 19.2. The van der Waals surface area contributed by atoms with Gasteiger partial charge < -0.3 is 31.3 Å². The fourth-order valence-corrected chi connectivity index (χ4v) is 5.55. The van der Waals surface area contributed by atoms with E-state index in [1.165, 1.54) is 12.1 Å². The van der Waals surface area contributed by atoms with E-state index < -0.39 is 70.1 Å². The Kier molecular flexibility index (Phi) is 5.33. The van der Waals surface area contributed by atoms with Crippen LogP contribution in [0.1, 0.15) is 23.1 Å². The first-order valence-electron chi connectivity index (χ1n) is 10.9. The molecule has 0 heterocycles. The maximum Gasteiger partial charge on any atom is 0.255 e. The van der Waals surface area contributed by atoms with E-state index in [9.17, 15) is 39.9 Å². The molecule has 0 radical (unpaired) electrons. The lowest BCUT2D eigenvalue weighted by atomic mass is 9.56. The lowest BCUT2D eigenvalue weighted by Gasteiger charge is -2.49. The van der Waals surface area contributed by atoms with Gasteiger partial charge in [0, 0.05) is 23.3 Å². The third kappa shape index (κ3) is 3.13. The van der Waals surface area contributed by atoms with Crippen LogP contribution in [-0.2, 0) is 14.4 Å². The van der Waals surface area contributed by atoms with Gasteiger partial charge >= 0.3 is 0 Å². The molecule has 9 nitrogen and oxygen atoms in total. The zero-order chi connectivity index (χ0) is 26.1. The molecule has 3 aliphatic rings. The fraction of sp³-hybridized carbons (Fsp3) is 0.192. The minimum atomic E-state index is -2.90. The molecule has 2 aromatic rings. The van der Waals surface area contributed by atoms with Crippen LogP contribution in [0.25, 0.3) is 17.4 Å². The number of hydrogen-bond acceptors (Lipinski definition) is 8. The molecule has 1 amide bonds. The zero-order valence-electron chi connectivity index (χ0n) is 18.5. The molecule has 3 aliphatic carbocycles. The van der Waals surface area contributed by atoms with Gasteiger partial charge in [0.2, 0.25) is 5.78 Å². The number of nitrogens with two attached hydrogens (primary N) is 1. The van der Waals surface area contributed by atoms with Crippen LogP contribution in [0.5, 0.6) is 5.75 Å². The first-order chi connectivity index (χ1) is 17.0. The molecule has 4 atom stereocenters. The number of ketones is 2. The highest BCUT2D eigenvalue weighted by Crippen LogP contribution is 2.55. The predicted molar refractivity (Wildman–Crippen MR) is 128 cm³/mol. The predicted octanol–water partition coefficient (Wildman–Crippen LogP) is 2.05. The number of carbonyl (C=O) groups excluding carboxylic acids is 3. The molecule has 184 valence electrons. The summed E-state index contributed by atoms with van der Waals surface area (Å²) in [4.78, 5) is 38.2. The molecule has 7 N–H and O–H groups in total. The first kappa shape index (κ1) is 23.8. The molecule has 36 heavy (non-hydrogen) atoms. The van der Waals surface area contributed by atoms with Crippen molar-refractivity contribution in [2.24, 2.45) is 17.6 Å². The van der Waals surface area contributed by atoms with Crippen molar-refractivity contribution in [3.8, 4) is 5.75 Å². The Morgan fingerprint density at radius 2 is 1.75 bits per heavy atom. The Bertz CT molecular complexity index is 1450.